The number of sulfonamides is 1. The quantitative estimate of drug-likeness (QED) is 0.903. The van der Waals surface area contributed by atoms with Gasteiger partial charge in [-0.25, -0.2) is 8.42 Å². The molecule has 0 aliphatic carbocycles. The second kappa shape index (κ2) is 5.93. The highest BCUT2D eigenvalue weighted by atomic mass is 35.5. The fraction of sp³-hybridized carbons (Fsp3) is 0.143. The second-order valence-electron chi connectivity index (χ2n) is 4.45. The summed E-state index contributed by atoms with van der Waals surface area (Å²) in [6.45, 7) is 0.243. The smallest absolute Gasteiger partial charge is 0.264 e. The molecule has 0 aliphatic heterocycles. The van der Waals surface area contributed by atoms with Crippen LogP contribution in [-0.2, 0) is 16.6 Å². The third kappa shape index (κ3) is 3.12. The van der Waals surface area contributed by atoms with Gasteiger partial charge in [0.1, 0.15) is 5.75 Å². The van der Waals surface area contributed by atoms with Crippen molar-refractivity contribution in [2.24, 2.45) is 5.73 Å². The molecule has 2 aromatic carbocycles. The van der Waals surface area contributed by atoms with Crippen molar-refractivity contribution >= 4 is 27.3 Å². The van der Waals surface area contributed by atoms with Crippen molar-refractivity contribution in [2.75, 3.05) is 11.4 Å². The van der Waals surface area contributed by atoms with Gasteiger partial charge >= 0.3 is 0 Å². The summed E-state index contributed by atoms with van der Waals surface area (Å²) in [6, 6.07) is 10.3. The first kappa shape index (κ1) is 15.6. The van der Waals surface area contributed by atoms with E-state index in [4.69, 9.17) is 17.3 Å². The summed E-state index contributed by atoms with van der Waals surface area (Å²) in [5.41, 5.74) is 6.63. The average Bonchev–Trinajstić information content (AvgIpc) is 2.47. The van der Waals surface area contributed by atoms with Crippen molar-refractivity contribution in [1.82, 2.24) is 0 Å². The zero-order chi connectivity index (χ0) is 15.6. The van der Waals surface area contributed by atoms with E-state index in [9.17, 15) is 13.5 Å². The first-order valence-electron chi connectivity index (χ1n) is 6.12. The van der Waals surface area contributed by atoms with Gasteiger partial charge in [-0.15, -0.1) is 0 Å². The maximum Gasteiger partial charge on any atom is 0.264 e. The first-order chi connectivity index (χ1) is 9.86. The molecule has 5 nitrogen and oxygen atoms in total. The van der Waals surface area contributed by atoms with Gasteiger partial charge < -0.3 is 10.8 Å². The van der Waals surface area contributed by atoms with Gasteiger partial charge in [0.05, 0.1) is 10.6 Å². The predicted molar refractivity (Wildman–Crippen MR) is 83.0 cm³/mol. The van der Waals surface area contributed by atoms with Crippen LogP contribution in [0.25, 0.3) is 0 Å². The lowest BCUT2D eigenvalue weighted by atomic mass is 10.2. The molecule has 0 unspecified atom stereocenters. The molecule has 2 rings (SSSR count). The number of phenols is 1. The maximum atomic E-state index is 12.5. The van der Waals surface area contributed by atoms with E-state index in [1.165, 1.54) is 43.4 Å². The molecule has 0 saturated carbocycles. The average molecular weight is 327 g/mol. The molecule has 0 spiro atoms. The molecule has 0 bridgehead atoms. The lowest BCUT2D eigenvalue weighted by molar-refractivity contribution is 0.475. The van der Waals surface area contributed by atoms with Gasteiger partial charge in [0.2, 0.25) is 0 Å². The molecule has 2 aromatic rings. The highest BCUT2D eigenvalue weighted by Crippen LogP contribution is 2.26. The van der Waals surface area contributed by atoms with Gasteiger partial charge in [0.25, 0.3) is 10.0 Å². The van der Waals surface area contributed by atoms with E-state index in [0.29, 0.717) is 16.3 Å². The first-order valence-corrected chi connectivity index (χ1v) is 7.94. The predicted octanol–water partition coefficient (Wildman–Crippen LogP) is 2.33. The summed E-state index contributed by atoms with van der Waals surface area (Å²) in [4.78, 5) is 0.0836. The Morgan fingerprint density at radius 1 is 1.19 bits per heavy atom. The van der Waals surface area contributed by atoms with Gasteiger partial charge in [-0.3, -0.25) is 4.31 Å². The fourth-order valence-electron chi connectivity index (χ4n) is 1.81. The molecule has 3 N–H and O–H groups in total. The molecule has 112 valence electrons. The van der Waals surface area contributed by atoms with Crippen molar-refractivity contribution in [3.8, 4) is 5.75 Å². The SMILES string of the molecule is CN(c1ccc(O)cc1)S(=O)(=O)c1ccc(CN)c(Cl)c1. The third-order valence-corrected chi connectivity index (χ3v) is 5.25. The standard InChI is InChI=1S/C14H15ClN2O3S/c1-17(11-3-5-12(18)6-4-11)21(19,20)13-7-2-10(9-16)14(15)8-13/h2-8,18H,9,16H2,1H3. The molecule has 0 heterocycles. The van der Waals surface area contributed by atoms with Crippen LogP contribution in [0.2, 0.25) is 5.02 Å². The molecule has 7 heteroatoms. The van der Waals surface area contributed by atoms with Crippen LogP contribution in [0.1, 0.15) is 5.56 Å². The Morgan fingerprint density at radius 2 is 1.81 bits per heavy atom. The van der Waals surface area contributed by atoms with Crippen LogP contribution in [0, 0.1) is 0 Å². The highest BCUT2D eigenvalue weighted by Gasteiger charge is 2.22. The fourth-order valence-corrected chi connectivity index (χ4v) is 3.36. The number of anilines is 1. The highest BCUT2D eigenvalue weighted by molar-refractivity contribution is 7.92. The van der Waals surface area contributed by atoms with Gasteiger partial charge in [-0.05, 0) is 42.0 Å². The Labute approximate surface area is 128 Å². The largest absolute Gasteiger partial charge is 0.508 e. The minimum atomic E-state index is -3.73. The molecule has 0 amide bonds. The number of hydrogen-bond acceptors (Lipinski definition) is 4. The van der Waals surface area contributed by atoms with E-state index in [-0.39, 0.29) is 17.2 Å². The second-order valence-corrected chi connectivity index (χ2v) is 6.82. The summed E-state index contributed by atoms with van der Waals surface area (Å²) in [6.07, 6.45) is 0. The molecule has 0 fully saturated rings. The van der Waals surface area contributed by atoms with Crippen LogP contribution in [0.4, 0.5) is 5.69 Å². The number of rotatable bonds is 4. The van der Waals surface area contributed by atoms with Crippen molar-refractivity contribution in [3.63, 3.8) is 0 Å². The van der Waals surface area contributed by atoms with Crippen molar-refractivity contribution < 1.29 is 13.5 Å². The van der Waals surface area contributed by atoms with E-state index >= 15 is 0 Å². The Kier molecular flexibility index (Phi) is 4.41. The van der Waals surface area contributed by atoms with Crippen LogP contribution in [0.15, 0.2) is 47.4 Å². The molecular weight excluding hydrogens is 312 g/mol. The summed E-state index contributed by atoms with van der Waals surface area (Å²) in [7, 11) is -2.29. The Bertz CT molecular complexity index is 745. The van der Waals surface area contributed by atoms with E-state index in [1.54, 1.807) is 6.07 Å². The van der Waals surface area contributed by atoms with E-state index in [2.05, 4.69) is 0 Å². The molecule has 0 aliphatic rings. The number of nitrogens with zero attached hydrogens (tertiary/aromatic N) is 1. The molecular formula is C14H15ClN2O3S. The van der Waals surface area contributed by atoms with Crippen molar-refractivity contribution in [1.29, 1.82) is 0 Å². The van der Waals surface area contributed by atoms with E-state index < -0.39 is 10.0 Å². The van der Waals surface area contributed by atoms with Crippen LogP contribution in [0.5, 0.6) is 5.75 Å². The zero-order valence-electron chi connectivity index (χ0n) is 11.3. The van der Waals surface area contributed by atoms with Gasteiger partial charge in [-0.2, -0.15) is 0 Å². The maximum absolute atomic E-state index is 12.5. The number of nitrogens with two attached hydrogens (primary N) is 1. The monoisotopic (exact) mass is 326 g/mol. The van der Waals surface area contributed by atoms with E-state index in [0.717, 1.165) is 4.31 Å². The topological polar surface area (TPSA) is 83.6 Å². The van der Waals surface area contributed by atoms with Crippen molar-refractivity contribution in [2.45, 2.75) is 11.4 Å². The van der Waals surface area contributed by atoms with Gasteiger partial charge in [0, 0.05) is 18.6 Å². The minimum Gasteiger partial charge on any atom is -0.508 e. The Morgan fingerprint density at radius 3 is 2.33 bits per heavy atom. The summed E-state index contributed by atoms with van der Waals surface area (Å²) in [5, 5.41) is 9.57. The van der Waals surface area contributed by atoms with Crippen LogP contribution in [-0.4, -0.2) is 20.6 Å². The zero-order valence-corrected chi connectivity index (χ0v) is 12.9. The van der Waals surface area contributed by atoms with Crippen LogP contribution in [0.3, 0.4) is 0 Å². The Balaban J connectivity index is 2.41. The minimum absolute atomic E-state index is 0.0693. The van der Waals surface area contributed by atoms with Crippen LogP contribution >= 0.6 is 11.6 Å². The lowest BCUT2D eigenvalue weighted by Crippen LogP contribution is -2.26. The molecule has 21 heavy (non-hydrogen) atoms. The molecule has 0 atom stereocenters. The van der Waals surface area contributed by atoms with E-state index in [1.807, 2.05) is 0 Å². The van der Waals surface area contributed by atoms with Crippen molar-refractivity contribution in [3.05, 3.63) is 53.1 Å². The molecule has 0 saturated heterocycles. The number of halogens is 1. The number of benzene rings is 2. The van der Waals surface area contributed by atoms with Crippen LogP contribution < -0.4 is 10.0 Å². The van der Waals surface area contributed by atoms with Gasteiger partial charge in [-0.1, -0.05) is 17.7 Å². The normalized spacial score (nSPS) is 11.4. The molecule has 0 aromatic heterocycles. The van der Waals surface area contributed by atoms with Gasteiger partial charge in [0.15, 0.2) is 0 Å². The lowest BCUT2D eigenvalue weighted by Gasteiger charge is -2.20. The number of phenolic OH excluding ortho intramolecular Hbond substituents is 1. The summed E-state index contributed by atoms with van der Waals surface area (Å²) < 4.78 is 26.2. The Hall–Kier alpha value is -1.76. The number of aromatic hydroxyl groups is 1. The summed E-state index contributed by atoms with van der Waals surface area (Å²) >= 11 is 6.01. The number of hydrogen-bond donors (Lipinski definition) is 2. The summed E-state index contributed by atoms with van der Waals surface area (Å²) in [5.74, 6) is 0.0693. The molecule has 0 radical (unpaired) electrons. The third-order valence-electron chi connectivity index (χ3n) is 3.12.